The Kier molecular flexibility index (Phi) is 5.85. The summed E-state index contributed by atoms with van der Waals surface area (Å²) in [6.45, 7) is 3.65. The molecule has 5 heteroatoms. The summed E-state index contributed by atoms with van der Waals surface area (Å²) < 4.78 is 4.78. The highest BCUT2D eigenvalue weighted by atomic mass is 16.5. The molecule has 0 spiro atoms. The van der Waals surface area contributed by atoms with E-state index in [1.54, 1.807) is 6.92 Å². The molecule has 5 nitrogen and oxygen atoms in total. The number of hydrogen-bond acceptors (Lipinski definition) is 4. The summed E-state index contributed by atoms with van der Waals surface area (Å²) in [4.78, 5) is 22.5. The number of carbonyl (C=O) groups is 2. The van der Waals surface area contributed by atoms with Crippen molar-refractivity contribution in [1.29, 1.82) is 0 Å². The maximum Gasteiger partial charge on any atom is 0.305 e. The van der Waals surface area contributed by atoms with Gasteiger partial charge in [0.15, 0.2) is 0 Å². The average molecular weight is 228 g/mol. The number of hydrogen-bond donors (Lipinski definition) is 2. The summed E-state index contributed by atoms with van der Waals surface area (Å²) in [6, 6.07) is -0.0393. The van der Waals surface area contributed by atoms with E-state index in [0.29, 0.717) is 26.0 Å². The molecule has 1 amide bonds. The highest BCUT2D eigenvalue weighted by Crippen LogP contribution is 2.04. The summed E-state index contributed by atoms with van der Waals surface area (Å²) in [5.41, 5.74) is 0. The summed E-state index contributed by atoms with van der Waals surface area (Å²) >= 11 is 0. The standard InChI is InChI=1S/C11H20N2O3/c1-2-16-10(14)6-4-8-13-11(15)9-5-3-7-12-9/h9,12H,2-8H2,1H3,(H,13,15)/t9-/m1/s1. The second-order valence-corrected chi connectivity index (χ2v) is 3.85. The molecule has 92 valence electrons. The van der Waals surface area contributed by atoms with Gasteiger partial charge in [-0.25, -0.2) is 0 Å². The smallest absolute Gasteiger partial charge is 0.305 e. The van der Waals surface area contributed by atoms with Crippen LogP contribution in [0.3, 0.4) is 0 Å². The molecule has 0 unspecified atom stereocenters. The van der Waals surface area contributed by atoms with Crippen LogP contribution in [0.2, 0.25) is 0 Å². The van der Waals surface area contributed by atoms with Crippen LogP contribution >= 0.6 is 0 Å². The van der Waals surface area contributed by atoms with Gasteiger partial charge in [-0.2, -0.15) is 0 Å². The van der Waals surface area contributed by atoms with Crippen LogP contribution in [0.4, 0.5) is 0 Å². The molecule has 1 heterocycles. The maximum absolute atomic E-state index is 11.5. The molecule has 2 N–H and O–H groups in total. The minimum Gasteiger partial charge on any atom is -0.466 e. The third-order valence-electron chi connectivity index (χ3n) is 2.54. The number of nitrogens with one attached hydrogen (secondary N) is 2. The van der Waals surface area contributed by atoms with Gasteiger partial charge >= 0.3 is 5.97 Å². The zero-order valence-corrected chi connectivity index (χ0v) is 9.75. The van der Waals surface area contributed by atoms with Gasteiger partial charge < -0.3 is 15.4 Å². The topological polar surface area (TPSA) is 67.4 Å². The Labute approximate surface area is 95.9 Å². The lowest BCUT2D eigenvalue weighted by atomic mass is 10.2. The van der Waals surface area contributed by atoms with Gasteiger partial charge in [-0.1, -0.05) is 0 Å². The van der Waals surface area contributed by atoms with E-state index in [1.807, 2.05) is 0 Å². The predicted molar refractivity (Wildman–Crippen MR) is 59.9 cm³/mol. The fourth-order valence-electron chi connectivity index (χ4n) is 1.71. The van der Waals surface area contributed by atoms with Gasteiger partial charge in [-0.15, -0.1) is 0 Å². The van der Waals surface area contributed by atoms with Crippen molar-refractivity contribution in [1.82, 2.24) is 10.6 Å². The van der Waals surface area contributed by atoms with Gasteiger partial charge in [-0.3, -0.25) is 9.59 Å². The predicted octanol–water partition coefficient (Wildman–Crippen LogP) is 0.198. The van der Waals surface area contributed by atoms with Crippen molar-refractivity contribution in [2.75, 3.05) is 19.7 Å². The Balaban J connectivity index is 2.02. The molecule has 16 heavy (non-hydrogen) atoms. The molecule has 0 saturated carbocycles. The third-order valence-corrected chi connectivity index (χ3v) is 2.54. The summed E-state index contributed by atoms with van der Waals surface area (Å²) in [6.07, 6.45) is 2.97. The lowest BCUT2D eigenvalue weighted by molar-refractivity contribution is -0.143. The van der Waals surface area contributed by atoms with E-state index in [0.717, 1.165) is 19.4 Å². The lowest BCUT2D eigenvalue weighted by Crippen LogP contribution is -2.40. The van der Waals surface area contributed by atoms with E-state index >= 15 is 0 Å². The molecule has 1 aliphatic rings. The molecule has 0 radical (unpaired) electrons. The van der Waals surface area contributed by atoms with Crippen LogP contribution < -0.4 is 10.6 Å². The molecule has 1 atom stereocenters. The Morgan fingerprint density at radius 3 is 2.94 bits per heavy atom. The normalized spacial score (nSPS) is 19.4. The molecule has 0 aliphatic carbocycles. The summed E-state index contributed by atoms with van der Waals surface area (Å²) in [7, 11) is 0. The highest BCUT2D eigenvalue weighted by molar-refractivity contribution is 5.82. The Morgan fingerprint density at radius 1 is 1.50 bits per heavy atom. The molecule has 0 aromatic heterocycles. The van der Waals surface area contributed by atoms with E-state index in [-0.39, 0.29) is 17.9 Å². The van der Waals surface area contributed by atoms with E-state index < -0.39 is 0 Å². The second-order valence-electron chi connectivity index (χ2n) is 3.85. The van der Waals surface area contributed by atoms with Crippen LogP contribution in [0, 0.1) is 0 Å². The number of amides is 1. The van der Waals surface area contributed by atoms with Crippen molar-refractivity contribution in [3.8, 4) is 0 Å². The number of carbonyl (C=O) groups excluding carboxylic acids is 2. The molecule has 1 aliphatic heterocycles. The van der Waals surface area contributed by atoms with Crippen LogP contribution in [0.1, 0.15) is 32.6 Å². The first-order valence-electron chi connectivity index (χ1n) is 5.90. The largest absolute Gasteiger partial charge is 0.466 e. The van der Waals surface area contributed by atoms with Gasteiger partial charge in [0.1, 0.15) is 0 Å². The van der Waals surface area contributed by atoms with Gasteiger partial charge in [-0.05, 0) is 32.7 Å². The summed E-state index contributed by atoms with van der Waals surface area (Å²) in [5.74, 6) is -0.155. The number of esters is 1. The number of rotatable bonds is 6. The van der Waals surface area contributed by atoms with Gasteiger partial charge in [0.05, 0.1) is 12.6 Å². The Hall–Kier alpha value is -1.10. The van der Waals surface area contributed by atoms with Gasteiger partial charge in [0.25, 0.3) is 0 Å². The third kappa shape index (κ3) is 4.61. The first-order chi connectivity index (χ1) is 7.74. The summed E-state index contributed by atoms with van der Waals surface area (Å²) in [5, 5.41) is 5.94. The molecular weight excluding hydrogens is 208 g/mol. The fourth-order valence-corrected chi connectivity index (χ4v) is 1.71. The molecular formula is C11H20N2O3. The van der Waals surface area contributed by atoms with Crippen molar-refractivity contribution in [3.63, 3.8) is 0 Å². The van der Waals surface area contributed by atoms with Crippen LogP contribution in [0.5, 0.6) is 0 Å². The molecule has 0 bridgehead atoms. The van der Waals surface area contributed by atoms with Crippen LogP contribution in [0.15, 0.2) is 0 Å². The van der Waals surface area contributed by atoms with Crippen molar-refractivity contribution in [3.05, 3.63) is 0 Å². The molecule has 0 aromatic carbocycles. The number of ether oxygens (including phenoxy) is 1. The SMILES string of the molecule is CCOC(=O)CCCNC(=O)[C@H]1CCCN1. The zero-order chi connectivity index (χ0) is 11.8. The minimum absolute atomic E-state index is 0.0393. The molecule has 1 saturated heterocycles. The van der Waals surface area contributed by atoms with Crippen LogP contribution in [-0.2, 0) is 14.3 Å². The minimum atomic E-state index is -0.198. The van der Waals surface area contributed by atoms with Crippen molar-refractivity contribution in [2.24, 2.45) is 0 Å². The molecule has 0 aromatic rings. The van der Waals surface area contributed by atoms with Gasteiger partial charge in [0.2, 0.25) is 5.91 Å². The van der Waals surface area contributed by atoms with E-state index in [2.05, 4.69) is 10.6 Å². The van der Waals surface area contributed by atoms with Crippen LogP contribution in [-0.4, -0.2) is 37.6 Å². The van der Waals surface area contributed by atoms with Crippen molar-refractivity contribution in [2.45, 2.75) is 38.6 Å². The first kappa shape index (κ1) is 13.0. The average Bonchev–Trinajstić information content (AvgIpc) is 2.78. The quantitative estimate of drug-likeness (QED) is 0.503. The lowest BCUT2D eigenvalue weighted by Gasteiger charge is -2.10. The fraction of sp³-hybridized carbons (Fsp3) is 0.818. The second kappa shape index (κ2) is 7.22. The van der Waals surface area contributed by atoms with Crippen LogP contribution in [0.25, 0.3) is 0 Å². The molecule has 1 rings (SSSR count). The Bertz CT molecular complexity index is 237. The highest BCUT2D eigenvalue weighted by Gasteiger charge is 2.21. The Morgan fingerprint density at radius 2 is 2.31 bits per heavy atom. The van der Waals surface area contributed by atoms with Crippen molar-refractivity contribution < 1.29 is 14.3 Å². The van der Waals surface area contributed by atoms with E-state index in [9.17, 15) is 9.59 Å². The molecule has 1 fully saturated rings. The first-order valence-corrected chi connectivity index (χ1v) is 5.90. The van der Waals surface area contributed by atoms with E-state index in [4.69, 9.17) is 4.74 Å². The zero-order valence-electron chi connectivity index (χ0n) is 9.75. The van der Waals surface area contributed by atoms with E-state index in [1.165, 1.54) is 0 Å². The monoisotopic (exact) mass is 228 g/mol. The van der Waals surface area contributed by atoms with Crippen molar-refractivity contribution >= 4 is 11.9 Å². The maximum atomic E-state index is 11.5. The van der Waals surface area contributed by atoms with Gasteiger partial charge in [0, 0.05) is 13.0 Å².